The summed E-state index contributed by atoms with van der Waals surface area (Å²) >= 11 is 0. The third-order valence-electron chi connectivity index (χ3n) is 1.26. The van der Waals surface area contributed by atoms with Crippen molar-refractivity contribution in [3.8, 4) is 0 Å². The van der Waals surface area contributed by atoms with Gasteiger partial charge in [0.1, 0.15) is 0 Å². The van der Waals surface area contributed by atoms with Gasteiger partial charge in [-0.15, -0.1) is 5.73 Å². The number of hydrogen-bond donors (Lipinski definition) is 0. The van der Waals surface area contributed by atoms with Gasteiger partial charge in [-0.1, -0.05) is 27.2 Å². The Kier molecular flexibility index (Phi) is 6.32. The van der Waals surface area contributed by atoms with Gasteiger partial charge >= 0.3 is 0 Å². The molecule has 0 unspecified atom stereocenters. The normalized spacial score (nSPS) is 9.20. The third-order valence-corrected chi connectivity index (χ3v) is 1.26. The van der Waals surface area contributed by atoms with E-state index in [-0.39, 0.29) is 0 Å². The molecule has 0 spiro atoms. The lowest BCUT2D eigenvalue weighted by Gasteiger charge is -1.93. The van der Waals surface area contributed by atoms with Crippen LogP contribution in [-0.4, -0.2) is 0 Å². The topological polar surface area (TPSA) is 0 Å². The maximum Gasteiger partial charge on any atom is -0.0251 e. The van der Waals surface area contributed by atoms with Gasteiger partial charge in [0.05, 0.1) is 0 Å². The highest BCUT2D eigenvalue weighted by molar-refractivity contribution is 4.84. The lowest BCUT2D eigenvalue weighted by molar-refractivity contribution is 0.664. The fourth-order valence-corrected chi connectivity index (χ4v) is 0.615. The summed E-state index contributed by atoms with van der Waals surface area (Å²) in [5.74, 6) is 0.766. The first-order chi connectivity index (χ1) is 4.77. The number of rotatable bonds is 4. The van der Waals surface area contributed by atoms with Crippen molar-refractivity contribution in [1.29, 1.82) is 0 Å². The Morgan fingerprint density at radius 1 is 1.30 bits per heavy atom. The van der Waals surface area contributed by atoms with Crippen LogP contribution in [-0.2, 0) is 0 Å². The van der Waals surface area contributed by atoms with Gasteiger partial charge in [0.2, 0.25) is 0 Å². The van der Waals surface area contributed by atoms with Gasteiger partial charge in [-0.2, -0.15) is 0 Å². The van der Waals surface area contributed by atoms with Crippen LogP contribution >= 0.6 is 0 Å². The minimum Gasteiger partial charge on any atom is -0.130 e. The molecule has 0 aromatic rings. The van der Waals surface area contributed by atoms with Crippen LogP contribution in [0.25, 0.3) is 0 Å². The zero-order valence-corrected chi connectivity index (χ0v) is 7.35. The van der Waals surface area contributed by atoms with Crippen LogP contribution in [0.4, 0.5) is 0 Å². The molecule has 0 nitrogen and oxygen atoms in total. The Morgan fingerprint density at radius 3 is 2.50 bits per heavy atom. The molecule has 0 aromatic carbocycles. The van der Waals surface area contributed by atoms with E-state index in [1.54, 1.807) is 0 Å². The Bertz CT molecular complexity index is 114. The van der Waals surface area contributed by atoms with Crippen LogP contribution in [0.15, 0.2) is 17.9 Å². The molecule has 0 aliphatic carbocycles. The zero-order chi connectivity index (χ0) is 7.82. The zero-order valence-electron chi connectivity index (χ0n) is 7.35. The van der Waals surface area contributed by atoms with E-state index in [0.717, 1.165) is 18.8 Å². The minimum atomic E-state index is 0.766. The molecule has 0 saturated heterocycles. The van der Waals surface area contributed by atoms with Crippen molar-refractivity contribution in [2.45, 2.75) is 40.0 Å². The first kappa shape index (κ1) is 9.52. The average Bonchev–Trinajstić information content (AvgIpc) is 1.87. The van der Waals surface area contributed by atoms with E-state index in [0.29, 0.717) is 0 Å². The quantitative estimate of drug-likeness (QED) is 0.521. The fourth-order valence-electron chi connectivity index (χ4n) is 0.615. The summed E-state index contributed by atoms with van der Waals surface area (Å²) in [5, 5.41) is 0. The highest BCUT2D eigenvalue weighted by Gasteiger charge is 1.84. The molecule has 10 heavy (non-hydrogen) atoms. The molecule has 0 N–H and O–H groups in total. The van der Waals surface area contributed by atoms with Crippen LogP contribution in [0.5, 0.6) is 0 Å². The van der Waals surface area contributed by atoms with E-state index in [1.165, 1.54) is 6.42 Å². The molecular weight excluding hydrogens is 120 g/mol. The summed E-state index contributed by atoms with van der Waals surface area (Å²) in [7, 11) is 0. The van der Waals surface area contributed by atoms with Crippen molar-refractivity contribution in [2.24, 2.45) is 5.92 Å². The van der Waals surface area contributed by atoms with E-state index < -0.39 is 0 Å². The van der Waals surface area contributed by atoms with Crippen LogP contribution in [0.1, 0.15) is 40.0 Å². The van der Waals surface area contributed by atoms with E-state index in [2.05, 4.69) is 38.7 Å². The molecule has 0 saturated carbocycles. The Hall–Kier alpha value is -0.480. The van der Waals surface area contributed by atoms with Crippen molar-refractivity contribution in [3.63, 3.8) is 0 Å². The molecule has 0 aliphatic heterocycles. The summed E-state index contributed by atoms with van der Waals surface area (Å²) in [6.07, 6.45) is 7.78. The number of allylic oxidation sites excluding steroid dienone is 1. The van der Waals surface area contributed by atoms with Gasteiger partial charge in [0.25, 0.3) is 0 Å². The second-order valence-electron chi connectivity index (χ2n) is 2.99. The van der Waals surface area contributed by atoms with Crippen LogP contribution < -0.4 is 0 Å². The second-order valence-corrected chi connectivity index (χ2v) is 2.99. The van der Waals surface area contributed by atoms with Gasteiger partial charge in [-0.3, -0.25) is 0 Å². The molecule has 0 aromatic heterocycles. The fraction of sp³-hybridized carbons (Fsp3) is 0.700. The molecule has 0 fully saturated rings. The van der Waals surface area contributed by atoms with E-state index in [1.807, 2.05) is 0 Å². The molecule has 0 radical (unpaired) electrons. The van der Waals surface area contributed by atoms with E-state index >= 15 is 0 Å². The van der Waals surface area contributed by atoms with Crippen molar-refractivity contribution < 1.29 is 0 Å². The van der Waals surface area contributed by atoms with Crippen LogP contribution in [0, 0.1) is 5.92 Å². The molecule has 0 atom stereocenters. The average molecular weight is 138 g/mol. The molecule has 0 heteroatoms. The molecule has 58 valence electrons. The van der Waals surface area contributed by atoms with Crippen molar-refractivity contribution >= 4 is 0 Å². The van der Waals surface area contributed by atoms with Gasteiger partial charge in [0, 0.05) is 0 Å². The van der Waals surface area contributed by atoms with Gasteiger partial charge in [0.15, 0.2) is 0 Å². The molecule has 0 heterocycles. The Balaban J connectivity index is 3.34. The van der Waals surface area contributed by atoms with E-state index in [4.69, 9.17) is 0 Å². The Morgan fingerprint density at radius 2 is 2.00 bits per heavy atom. The standard InChI is InChI=1S/C10H18/c1-4-5-6-7-8-9-10(2)3/h6,8,10H,4-5,9H2,1-3H3. The summed E-state index contributed by atoms with van der Waals surface area (Å²) in [4.78, 5) is 0. The second kappa shape index (κ2) is 6.64. The lowest BCUT2D eigenvalue weighted by Crippen LogP contribution is -1.79. The molecular formula is C10H18. The van der Waals surface area contributed by atoms with E-state index in [9.17, 15) is 0 Å². The van der Waals surface area contributed by atoms with Gasteiger partial charge in [-0.25, -0.2) is 0 Å². The smallest absolute Gasteiger partial charge is 0.0251 e. The maximum absolute atomic E-state index is 3.17. The molecule has 0 aliphatic rings. The van der Waals surface area contributed by atoms with Crippen LogP contribution in [0.2, 0.25) is 0 Å². The van der Waals surface area contributed by atoms with Crippen molar-refractivity contribution in [1.82, 2.24) is 0 Å². The highest BCUT2D eigenvalue weighted by atomic mass is 13.9. The molecule has 0 rings (SSSR count). The van der Waals surface area contributed by atoms with Gasteiger partial charge < -0.3 is 0 Å². The highest BCUT2D eigenvalue weighted by Crippen LogP contribution is 1.98. The largest absolute Gasteiger partial charge is 0.130 e. The third kappa shape index (κ3) is 7.52. The first-order valence-corrected chi connectivity index (χ1v) is 4.16. The van der Waals surface area contributed by atoms with Crippen molar-refractivity contribution in [2.75, 3.05) is 0 Å². The monoisotopic (exact) mass is 138 g/mol. The number of hydrogen-bond acceptors (Lipinski definition) is 0. The lowest BCUT2D eigenvalue weighted by atomic mass is 10.1. The predicted molar refractivity (Wildman–Crippen MR) is 47.0 cm³/mol. The SMILES string of the molecule is CCCC=C=CCC(C)C. The van der Waals surface area contributed by atoms with Gasteiger partial charge in [-0.05, 0) is 30.9 Å². The summed E-state index contributed by atoms with van der Waals surface area (Å²) in [6, 6.07) is 0. The van der Waals surface area contributed by atoms with Crippen LogP contribution in [0.3, 0.4) is 0 Å². The molecule has 0 amide bonds. The summed E-state index contributed by atoms with van der Waals surface area (Å²) < 4.78 is 0. The first-order valence-electron chi connectivity index (χ1n) is 4.16. The predicted octanol–water partition coefficient (Wildman–Crippen LogP) is 3.54. The molecule has 0 bridgehead atoms. The maximum atomic E-state index is 3.17. The summed E-state index contributed by atoms with van der Waals surface area (Å²) in [6.45, 7) is 6.62. The van der Waals surface area contributed by atoms with Crippen molar-refractivity contribution in [3.05, 3.63) is 17.9 Å². The summed E-state index contributed by atoms with van der Waals surface area (Å²) in [5.41, 5.74) is 3.17. The number of unbranched alkanes of at least 4 members (excludes halogenated alkanes) is 1. The Labute approximate surface area is 64.6 Å². The minimum absolute atomic E-state index is 0.766.